The Morgan fingerprint density at radius 3 is 2.03 bits per heavy atom. The van der Waals surface area contributed by atoms with Gasteiger partial charge in [-0.05, 0) is 86.3 Å². The molecule has 1 N–H and O–H groups in total. The Kier molecular flexibility index (Phi) is 10.0. The van der Waals surface area contributed by atoms with Crippen LogP contribution in [-0.2, 0) is 14.9 Å². The number of hydrogen-bond donors (Lipinski definition) is 1. The van der Waals surface area contributed by atoms with Gasteiger partial charge in [-0.25, -0.2) is 8.78 Å². The van der Waals surface area contributed by atoms with Gasteiger partial charge < -0.3 is 15.0 Å². The summed E-state index contributed by atoms with van der Waals surface area (Å²) in [7, 11) is 0. The van der Waals surface area contributed by atoms with Crippen molar-refractivity contribution < 1.29 is 18.3 Å². The minimum atomic E-state index is -0.365. The molecule has 1 saturated heterocycles. The van der Waals surface area contributed by atoms with E-state index in [0.29, 0.717) is 19.6 Å². The van der Waals surface area contributed by atoms with Crippen LogP contribution in [0.5, 0.6) is 0 Å². The third kappa shape index (κ3) is 7.49. The first-order valence-electron chi connectivity index (χ1n) is 13.7. The molecule has 202 valence electrons. The summed E-state index contributed by atoms with van der Waals surface area (Å²) >= 11 is 0. The van der Waals surface area contributed by atoms with Crippen molar-refractivity contribution in [2.75, 3.05) is 32.8 Å². The molecule has 0 bridgehead atoms. The summed E-state index contributed by atoms with van der Waals surface area (Å²) in [5, 5.41) is 3.14. The number of amides is 1. The SMILES string of the molecule is CCC(=O)NCC1(c2ccccc2)CCN(CCCCOC(c2ccc(F)cc2)c2ccc(F)cc2)CC1. The molecule has 0 atom stereocenters. The summed E-state index contributed by atoms with van der Waals surface area (Å²) in [6.07, 6.45) is 4.05. The fourth-order valence-corrected chi connectivity index (χ4v) is 5.26. The van der Waals surface area contributed by atoms with Crippen LogP contribution in [0.3, 0.4) is 0 Å². The Morgan fingerprint density at radius 2 is 1.47 bits per heavy atom. The van der Waals surface area contributed by atoms with Crippen molar-refractivity contribution in [2.45, 2.75) is 50.5 Å². The molecule has 38 heavy (non-hydrogen) atoms. The number of halogens is 2. The van der Waals surface area contributed by atoms with Gasteiger partial charge in [0.1, 0.15) is 17.7 Å². The van der Waals surface area contributed by atoms with E-state index < -0.39 is 0 Å². The van der Waals surface area contributed by atoms with Gasteiger partial charge in [0.2, 0.25) is 5.91 Å². The third-order valence-corrected chi connectivity index (χ3v) is 7.64. The summed E-state index contributed by atoms with van der Waals surface area (Å²) in [6, 6.07) is 23.2. The van der Waals surface area contributed by atoms with Gasteiger partial charge in [0.15, 0.2) is 0 Å². The van der Waals surface area contributed by atoms with Crippen molar-refractivity contribution in [3.05, 3.63) is 107 Å². The molecule has 4 nitrogen and oxygen atoms in total. The van der Waals surface area contributed by atoms with Crippen LogP contribution in [0.2, 0.25) is 0 Å². The maximum absolute atomic E-state index is 13.5. The average Bonchev–Trinajstić information content (AvgIpc) is 2.96. The summed E-state index contributed by atoms with van der Waals surface area (Å²) < 4.78 is 33.2. The fraction of sp³-hybridized carbons (Fsp3) is 0.406. The Labute approximate surface area is 225 Å². The monoisotopic (exact) mass is 520 g/mol. The number of nitrogens with zero attached hydrogens (tertiary/aromatic N) is 1. The predicted molar refractivity (Wildman–Crippen MR) is 147 cm³/mol. The highest BCUT2D eigenvalue weighted by atomic mass is 19.1. The molecule has 3 aromatic rings. The van der Waals surface area contributed by atoms with Gasteiger partial charge in [0.05, 0.1) is 0 Å². The standard InChI is InChI=1S/C32H38F2N2O2/c1-2-30(37)35-24-32(27-8-4-3-5-9-27)18-21-36(22-19-32)20-6-7-23-38-31(25-10-14-28(33)15-11-25)26-12-16-29(34)17-13-26/h3-5,8-17,31H,2,6-7,18-24H2,1H3,(H,35,37). The molecule has 1 aliphatic rings. The van der Waals surface area contributed by atoms with E-state index >= 15 is 0 Å². The molecule has 0 aromatic heterocycles. The van der Waals surface area contributed by atoms with Crippen LogP contribution in [0, 0.1) is 11.6 Å². The molecular formula is C32H38F2N2O2. The molecule has 0 unspecified atom stereocenters. The molecule has 4 rings (SSSR count). The second-order valence-corrected chi connectivity index (χ2v) is 10.2. The summed E-state index contributed by atoms with van der Waals surface area (Å²) in [5.74, 6) is -0.489. The van der Waals surface area contributed by atoms with Crippen molar-refractivity contribution in [3.8, 4) is 0 Å². The summed E-state index contributed by atoms with van der Waals surface area (Å²) in [5.41, 5.74) is 2.98. The van der Waals surface area contributed by atoms with Crippen LogP contribution in [0.4, 0.5) is 8.78 Å². The molecule has 1 aliphatic heterocycles. The van der Waals surface area contributed by atoms with E-state index in [0.717, 1.165) is 56.4 Å². The lowest BCUT2D eigenvalue weighted by Gasteiger charge is -2.42. The van der Waals surface area contributed by atoms with Gasteiger partial charge in [-0.3, -0.25) is 4.79 Å². The maximum Gasteiger partial charge on any atom is 0.219 e. The van der Waals surface area contributed by atoms with Crippen LogP contribution in [0.1, 0.15) is 61.8 Å². The van der Waals surface area contributed by atoms with Gasteiger partial charge >= 0.3 is 0 Å². The van der Waals surface area contributed by atoms with Gasteiger partial charge in [0.25, 0.3) is 0 Å². The van der Waals surface area contributed by atoms with Crippen molar-refractivity contribution in [1.82, 2.24) is 10.2 Å². The van der Waals surface area contributed by atoms with E-state index in [1.54, 1.807) is 24.3 Å². The van der Waals surface area contributed by atoms with Crippen molar-refractivity contribution in [3.63, 3.8) is 0 Å². The molecule has 6 heteroatoms. The van der Waals surface area contributed by atoms with Crippen molar-refractivity contribution >= 4 is 5.91 Å². The number of carbonyl (C=O) groups excluding carboxylic acids is 1. The number of ether oxygens (including phenoxy) is 1. The first-order valence-corrected chi connectivity index (χ1v) is 13.7. The Bertz CT molecular complexity index is 1080. The number of benzene rings is 3. The van der Waals surface area contributed by atoms with Crippen LogP contribution in [0.25, 0.3) is 0 Å². The van der Waals surface area contributed by atoms with Crippen molar-refractivity contribution in [2.24, 2.45) is 0 Å². The van der Waals surface area contributed by atoms with Gasteiger partial charge in [0, 0.05) is 25.0 Å². The summed E-state index contributed by atoms with van der Waals surface area (Å²) in [4.78, 5) is 14.5. The molecule has 0 spiro atoms. The Hall–Kier alpha value is -3.09. The van der Waals surface area contributed by atoms with Crippen LogP contribution in [0.15, 0.2) is 78.9 Å². The molecule has 0 aliphatic carbocycles. The zero-order valence-electron chi connectivity index (χ0n) is 22.2. The Morgan fingerprint density at radius 1 is 0.895 bits per heavy atom. The van der Waals surface area contributed by atoms with E-state index in [1.807, 2.05) is 13.0 Å². The maximum atomic E-state index is 13.5. The van der Waals surface area contributed by atoms with Crippen LogP contribution >= 0.6 is 0 Å². The van der Waals surface area contributed by atoms with Gasteiger partial charge in [-0.2, -0.15) is 0 Å². The molecule has 1 fully saturated rings. The molecule has 0 saturated carbocycles. The number of nitrogens with one attached hydrogen (secondary N) is 1. The van der Waals surface area contributed by atoms with E-state index in [4.69, 9.17) is 4.74 Å². The lowest BCUT2D eigenvalue weighted by Crippen LogP contribution is -2.49. The van der Waals surface area contributed by atoms with Gasteiger partial charge in [-0.15, -0.1) is 0 Å². The lowest BCUT2D eigenvalue weighted by atomic mass is 9.72. The smallest absolute Gasteiger partial charge is 0.219 e. The zero-order chi connectivity index (χ0) is 26.8. The molecule has 1 amide bonds. The van der Waals surface area contributed by atoms with Crippen LogP contribution < -0.4 is 5.32 Å². The number of piperidine rings is 1. The van der Waals surface area contributed by atoms with E-state index in [1.165, 1.54) is 29.8 Å². The third-order valence-electron chi connectivity index (χ3n) is 7.64. The van der Waals surface area contributed by atoms with E-state index in [-0.39, 0.29) is 29.1 Å². The second kappa shape index (κ2) is 13.6. The Balaban J connectivity index is 1.27. The average molecular weight is 521 g/mol. The zero-order valence-corrected chi connectivity index (χ0v) is 22.2. The highest BCUT2D eigenvalue weighted by Gasteiger charge is 2.36. The molecule has 0 radical (unpaired) electrons. The van der Waals surface area contributed by atoms with Crippen LogP contribution in [-0.4, -0.2) is 43.6 Å². The van der Waals surface area contributed by atoms with E-state index in [2.05, 4.69) is 34.5 Å². The number of unbranched alkanes of at least 4 members (excludes halogenated alkanes) is 1. The quantitative estimate of drug-likeness (QED) is 0.281. The minimum absolute atomic E-state index is 0.0246. The first kappa shape index (κ1) is 27.9. The lowest BCUT2D eigenvalue weighted by molar-refractivity contribution is -0.121. The minimum Gasteiger partial charge on any atom is -0.369 e. The van der Waals surface area contributed by atoms with E-state index in [9.17, 15) is 13.6 Å². The van der Waals surface area contributed by atoms with Gasteiger partial charge in [-0.1, -0.05) is 61.5 Å². The van der Waals surface area contributed by atoms with Crippen molar-refractivity contribution in [1.29, 1.82) is 0 Å². The summed E-state index contributed by atoms with van der Waals surface area (Å²) in [6.45, 7) is 6.10. The second-order valence-electron chi connectivity index (χ2n) is 10.2. The number of likely N-dealkylation sites (tertiary alicyclic amines) is 1. The molecule has 3 aromatic carbocycles. The number of rotatable bonds is 12. The topological polar surface area (TPSA) is 41.6 Å². The highest BCUT2D eigenvalue weighted by molar-refractivity contribution is 5.75. The predicted octanol–water partition coefficient (Wildman–Crippen LogP) is 6.41. The number of hydrogen-bond acceptors (Lipinski definition) is 3. The normalized spacial score (nSPS) is 15.5. The fourth-order valence-electron chi connectivity index (χ4n) is 5.26. The molecular weight excluding hydrogens is 482 g/mol. The first-order chi connectivity index (χ1) is 18.5. The highest BCUT2D eigenvalue weighted by Crippen LogP contribution is 2.35. The largest absolute Gasteiger partial charge is 0.369 e. The number of carbonyl (C=O) groups is 1. The molecule has 1 heterocycles.